The summed E-state index contributed by atoms with van der Waals surface area (Å²) in [6.45, 7) is 3.92. The third-order valence-electron chi connectivity index (χ3n) is 7.02. The fraction of sp³-hybridized carbons (Fsp3) is 0.708. The smallest absolute Gasteiger partial charge is 0.311 e. The lowest BCUT2D eigenvalue weighted by atomic mass is 9.78. The van der Waals surface area contributed by atoms with Crippen molar-refractivity contribution in [3.63, 3.8) is 0 Å². The Morgan fingerprint density at radius 3 is 2.78 bits per heavy atom. The highest BCUT2D eigenvalue weighted by Gasteiger charge is 2.70. The number of aliphatic hydroxyl groups is 1. The Morgan fingerprint density at radius 1 is 1.16 bits per heavy atom. The summed E-state index contributed by atoms with van der Waals surface area (Å²) in [7, 11) is 0. The molecule has 4 rings (SSSR count). The van der Waals surface area contributed by atoms with E-state index in [0.29, 0.717) is 32.7 Å². The van der Waals surface area contributed by atoms with Crippen molar-refractivity contribution < 1.29 is 24.2 Å². The van der Waals surface area contributed by atoms with Crippen LogP contribution in [0.1, 0.15) is 45.4 Å². The van der Waals surface area contributed by atoms with Crippen molar-refractivity contribution in [2.75, 3.05) is 32.8 Å². The number of aliphatic hydroxyl groups excluding tert-OH is 1. The Hall–Kier alpha value is -1.80. The first-order valence-electron chi connectivity index (χ1n) is 11.9. The summed E-state index contributed by atoms with van der Waals surface area (Å²) in [5.74, 6) is -1.78. The van der Waals surface area contributed by atoms with Gasteiger partial charge in [-0.25, -0.2) is 0 Å². The van der Waals surface area contributed by atoms with E-state index in [1.165, 1.54) is 0 Å². The quantitative estimate of drug-likeness (QED) is 0.354. The molecule has 0 aromatic carbocycles. The second-order valence-corrected chi connectivity index (χ2v) is 10.6. The summed E-state index contributed by atoms with van der Waals surface area (Å²) in [5.41, 5.74) is 0. The zero-order valence-corrected chi connectivity index (χ0v) is 19.6. The molecule has 32 heavy (non-hydrogen) atoms. The minimum atomic E-state index is -0.791. The average molecular weight is 463 g/mol. The molecule has 1 spiro atoms. The first-order valence-corrected chi connectivity index (χ1v) is 12.8. The summed E-state index contributed by atoms with van der Waals surface area (Å²) in [4.78, 5) is 44.2. The number of carbonyl (C=O) groups excluding carboxylic acids is 3. The van der Waals surface area contributed by atoms with E-state index in [1.54, 1.807) is 16.7 Å². The van der Waals surface area contributed by atoms with Gasteiger partial charge in [-0.05, 0) is 25.7 Å². The first-order chi connectivity index (χ1) is 15.5. The minimum Gasteiger partial charge on any atom is -0.465 e. The second kappa shape index (κ2) is 10.00. The zero-order valence-electron chi connectivity index (χ0n) is 18.8. The Balaban J connectivity index is 1.73. The number of fused-ring (bicyclic) bond motifs is 2. The largest absolute Gasteiger partial charge is 0.465 e. The molecule has 0 saturated carbocycles. The third-order valence-corrected chi connectivity index (χ3v) is 8.77. The lowest BCUT2D eigenvalue weighted by molar-refractivity contribution is -0.153. The van der Waals surface area contributed by atoms with Gasteiger partial charge < -0.3 is 19.6 Å². The number of rotatable bonds is 7. The third kappa shape index (κ3) is 4.00. The van der Waals surface area contributed by atoms with Crippen LogP contribution in [0.2, 0.25) is 0 Å². The van der Waals surface area contributed by atoms with Crippen LogP contribution in [0.4, 0.5) is 0 Å². The van der Waals surface area contributed by atoms with Gasteiger partial charge in [0.25, 0.3) is 0 Å². The van der Waals surface area contributed by atoms with Crippen molar-refractivity contribution in [2.24, 2.45) is 11.8 Å². The van der Waals surface area contributed by atoms with E-state index in [9.17, 15) is 19.5 Å². The SMILES string of the molecule is CCCCCN1CC=C[C@]23S[C@H]4/C=C\CCCOC(=O)[C@H]4[C@H]2C(=O)N(CCCO)C3C1=O. The number of nitrogens with zero attached hydrogens (tertiary/aromatic N) is 2. The van der Waals surface area contributed by atoms with Gasteiger partial charge in [0.15, 0.2) is 0 Å². The van der Waals surface area contributed by atoms with Crippen molar-refractivity contribution >= 4 is 29.5 Å². The monoisotopic (exact) mass is 462 g/mol. The number of unbranched alkanes of at least 4 members (excludes halogenated alkanes) is 2. The number of likely N-dealkylation sites (tertiary alicyclic amines) is 1. The molecule has 0 aliphatic carbocycles. The van der Waals surface area contributed by atoms with Crippen molar-refractivity contribution in [3.8, 4) is 0 Å². The Bertz CT molecular complexity index is 799. The van der Waals surface area contributed by atoms with E-state index in [4.69, 9.17) is 4.74 Å². The van der Waals surface area contributed by atoms with Gasteiger partial charge in [-0.2, -0.15) is 0 Å². The number of hydrogen-bond donors (Lipinski definition) is 1. The number of hydrogen-bond acceptors (Lipinski definition) is 6. The number of amides is 2. The van der Waals surface area contributed by atoms with Gasteiger partial charge in [-0.15, -0.1) is 11.8 Å². The molecule has 0 aromatic rings. The highest BCUT2D eigenvalue weighted by molar-refractivity contribution is 8.02. The maximum Gasteiger partial charge on any atom is 0.311 e. The molecule has 4 aliphatic rings. The summed E-state index contributed by atoms with van der Waals surface area (Å²) >= 11 is 1.57. The number of allylic oxidation sites excluding steroid dienone is 1. The van der Waals surface area contributed by atoms with E-state index in [-0.39, 0.29) is 29.6 Å². The van der Waals surface area contributed by atoms with E-state index in [0.717, 1.165) is 32.1 Å². The van der Waals surface area contributed by atoms with Crippen LogP contribution in [0.25, 0.3) is 0 Å². The van der Waals surface area contributed by atoms with Crippen molar-refractivity contribution in [3.05, 3.63) is 24.3 Å². The summed E-state index contributed by atoms with van der Waals surface area (Å²) in [6.07, 6.45) is 13.2. The number of esters is 1. The molecule has 5 atom stereocenters. The minimum absolute atomic E-state index is 0.0452. The fourth-order valence-electron chi connectivity index (χ4n) is 5.53. The Kier molecular flexibility index (Phi) is 7.30. The Morgan fingerprint density at radius 2 is 2.00 bits per heavy atom. The summed E-state index contributed by atoms with van der Waals surface area (Å²) in [6, 6.07) is -0.659. The highest BCUT2D eigenvalue weighted by atomic mass is 32.2. The summed E-state index contributed by atoms with van der Waals surface area (Å²) in [5, 5.41) is 9.23. The molecule has 4 aliphatic heterocycles. The zero-order chi connectivity index (χ0) is 22.7. The topological polar surface area (TPSA) is 87.2 Å². The van der Waals surface area contributed by atoms with Crippen molar-refractivity contribution in [1.29, 1.82) is 0 Å². The molecule has 8 heteroatoms. The molecule has 0 aromatic heterocycles. The van der Waals surface area contributed by atoms with Crippen LogP contribution in [0.5, 0.6) is 0 Å². The first kappa shape index (κ1) is 23.4. The second-order valence-electron chi connectivity index (χ2n) is 9.08. The highest BCUT2D eigenvalue weighted by Crippen LogP contribution is 2.60. The molecule has 176 valence electrons. The van der Waals surface area contributed by atoms with E-state index >= 15 is 0 Å². The van der Waals surface area contributed by atoms with Crippen molar-refractivity contribution in [1.82, 2.24) is 9.80 Å². The average Bonchev–Trinajstić information content (AvgIpc) is 3.19. The summed E-state index contributed by atoms with van der Waals surface area (Å²) < 4.78 is 4.76. The van der Waals surface area contributed by atoms with E-state index in [2.05, 4.69) is 13.0 Å². The maximum absolute atomic E-state index is 13.8. The molecular formula is C24H34N2O5S. The molecule has 4 heterocycles. The molecular weight excluding hydrogens is 428 g/mol. The van der Waals surface area contributed by atoms with Gasteiger partial charge in [0.05, 0.1) is 23.2 Å². The molecule has 2 fully saturated rings. The van der Waals surface area contributed by atoms with Crippen LogP contribution in [-0.2, 0) is 19.1 Å². The molecule has 7 nitrogen and oxygen atoms in total. The lowest BCUT2D eigenvalue weighted by Gasteiger charge is -2.35. The van der Waals surface area contributed by atoms with Gasteiger partial charge in [0.1, 0.15) is 6.04 Å². The van der Waals surface area contributed by atoms with Gasteiger partial charge in [-0.1, -0.05) is 44.1 Å². The maximum atomic E-state index is 13.8. The van der Waals surface area contributed by atoms with Gasteiger partial charge in [0.2, 0.25) is 11.8 Å². The van der Waals surface area contributed by atoms with Crippen molar-refractivity contribution in [2.45, 2.75) is 61.5 Å². The number of thioether (sulfide) groups is 1. The fourth-order valence-corrected chi connectivity index (χ4v) is 7.54. The predicted molar refractivity (Wildman–Crippen MR) is 123 cm³/mol. The van der Waals surface area contributed by atoms with Crippen LogP contribution in [0, 0.1) is 11.8 Å². The Labute approximate surface area is 194 Å². The molecule has 0 radical (unpaired) electrons. The van der Waals surface area contributed by atoms with Crippen LogP contribution >= 0.6 is 11.8 Å². The van der Waals surface area contributed by atoms with Crippen LogP contribution < -0.4 is 0 Å². The van der Waals surface area contributed by atoms with E-state index in [1.807, 2.05) is 23.1 Å². The molecule has 1 unspecified atom stereocenters. The molecule has 2 amide bonds. The number of cyclic esters (lactones) is 1. The normalized spacial score (nSPS) is 35.4. The number of ether oxygens (including phenoxy) is 1. The van der Waals surface area contributed by atoms with E-state index < -0.39 is 22.6 Å². The molecule has 1 N–H and O–H groups in total. The van der Waals surface area contributed by atoms with Gasteiger partial charge in [0, 0.05) is 31.5 Å². The predicted octanol–water partition coefficient (Wildman–Crippen LogP) is 2.15. The van der Waals surface area contributed by atoms with Crippen LogP contribution in [0.15, 0.2) is 24.3 Å². The standard InChI is InChI=1S/C24H34N2O5S/c1-2-3-6-12-25-13-8-11-24-19(21(28)26(14-9-15-27)20(24)22(25)29)18-17(32-24)10-5-4-7-16-31-23(18)30/h5,8,10-11,17-20,27H,2-4,6-7,9,12-16H2,1H3/b10-5-/t17-,18+,19-,20?,24-/m0/s1. The van der Waals surface area contributed by atoms with Gasteiger partial charge >= 0.3 is 5.97 Å². The number of carbonyl (C=O) groups is 3. The van der Waals surface area contributed by atoms with Crippen LogP contribution in [-0.4, -0.2) is 81.6 Å². The lowest BCUT2D eigenvalue weighted by Crippen LogP contribution is -2.53. The molecule has 0 bridgehead atoms. The molecule has 2 saturated heterocycles. The van der Waals surface area contributed by atoms with Crippen LogP contribution in [0.3, 0.4) is 0 Å². The van der Waals surface area contributed by atoms with Gasteiger partial charge in [-0.3, -0.25) is 14.4 Å².